The third kappa shape index (κ3) is 6.26. The molecule has 0 aliphatic carbocycles. The van der Waals surface area contributed by atoms with E-state index in [1.54, 1.807) is 0 Å². The highest BCUT2D eigenvalue weighted by Gasteiger charge is 2.24. The minimum absolute atomic E-state index is 0.0319. The summed E-state index contributed by atoms with van der Waals surface area (Å²) in [6, 6.07) is 16.9. The number of primary amides is 1. The zero-order valence-electron chi connectivity index (χ0n) is 19.4. The highest BCUT2D eigenvalue weighted by Crippen LogP contribution is 2.31. The molecule has 2 heterocycles. The summed E-state index contributed by atoms with van der Waals surface area (Å²) in [6.07, 6.45) is 2.82. The maximum absolute atomic E-state index is 11.6. The number of likely N-dealkylation sites (tertiary alicyclic amines) is 1. The molecular formula is C26H35N5O2. The first-order valence-corrected chi connectivity index (χ1v) is 12.0. The monoisotopic (exact) mass is 449 g/mol. The summed E-state index contributed by atoms with van der Waals surface area (Å²) in [7, 11) is 0. The molecule has 2 unspecified atom stereocenters. The normalized spacial score (nSPS) is 21.1. The van der Waals surface area contributed by atoms with E-state index in [9.17, 15) is 4.79 Å². The molecule has 1 amide bonds. The van der Waals surface area contributed by atoms with Crippen LogP contribution in [0.25, 0.3) is 0 Å². The zero-order chi connectivity index (χ0) is 23.0. The molecule has 2 aromatic carbocycles. The number of aliphatic imine (C=N–C) groups is 1. The van der Waals surface area contributed by atoms with Gasteiger partial charge in [0.15, 0.2) is 5.96 Å². The number of nitrogens with zero attached hydrogens (tertiary/aromatic N) is 2. The topological polar surface area (TPSA) is 92.0 Å². The average molecular weight is 450 g/mol. The second-order valence-corrected chi connectivity index (χ2v) is 8.86. The van der Waals surface area contributed by atoms with Crippen molar-refractivity contribution >= 4 is 11.9 Å². The van der Waals surface area contributed by atoms with Gasteiger partial charge >= 0.3 is 0 Å². The van der Waals surface area contributed by atoms with Crippen LogP contribution in [0.15, 0.2) is 53.5 Å². The molecule has 4 rings (SSSR count). The molecular weight excluding hydrogens is 414 g/mol. The highest BCUT2D eigenvalue weighted by molar-refractivity contribution is 5.80. The van der Waals surface area contributed by atoms with Gasteiger partial charge in [-0.3, -0.25) is 9.69 Å². The van der Waals surface area contributed by atoms with Crippen molar-refractivity contribution in [1.82, 2.24) is 15.5 Å². The van der Waals surface area contributed by atoms with E-state index in [0.29, 0.717) is 13.2 Å². The fourth-order valence-corrected chi connectivity index (χ4v) is 4.66. The van der Waals surface area contributed by atoms with Gasteiger partial charge in [-0.25, -0.2) is 4.99 Å². The van der Waals surface area contributed by atoms with Crippen molar-refractivity contribution in [2.24, 2.45) is 16.6 Å². The van der Waals surface area contributed by atoms with Gasteiger partial charge in [0.2, 0.25) is 5.91 Å². The molecule has 0 spiro atoms. The van der Waals surface area contributed by atoms with Gasteiger partial charge in [-0.15, -0.1) is 0 Å². The maximum Gasteiger partial charge on any atom is 0.221 e. The van der Waals surface area contributed by atoms with E-state index < -0.39 is 0 Å². The third-order valence-corrected chi connectivity index (χ3v) is 6.34. The predicted molar refractivity (Wildman–Crippen MR) is 131 cm³/mol. The van der Waals surface area contributed by atoms with Crippen molar-refractivity contribution in [3.05, 3.63) is 65.2 Å². The number of rotatable bonds is 7. The van der Waals surface area contributed by atoms with Crippen molar-refractivity contribution < 1.29 is 9.53 Å². The SMILES string of the molecule is CCNC(=NCc1cccc(CN2CCCC(C(N)=O)C2)c1)NC1CCOc2ccccc21. The van der Waals surface area contributed by atoms with E-state index in [0.717, 1.165) is 57.2 Å². The number of nitrogens with one attached hydrogen (secondary N) is 2. The molecule has 33 heavy (non-hydrogen) atoms. The molecule has 2 atom stereocenters. The molecule has 4 N–H and O–H groups in total. The van der Waals surface area contributed by atoms with E-state index in [2.05, 4.69) is 52.8 Å². The van der Waals surface area contributed by atoms with Crippen LogP contribution in [-0.2, 0) is 17.9 Å². The van der Waals surface area contributed by atoms with Gasteiger partial charge in [-0.05, 0) is 43.5 Å². The fraction of sp³-hybridized carbons (Fsp3) is 0.462. The first kappa shape index (κ1) is 23.1. The van der Waals surface area contributed by atoms with Crippen LogP contribution in [0.4, 0.5) is 0 Å². The molecule has 7 heteroatoms. The van der Waals surface area contributed by atoms with Gasteiger partial charge in [0.25, 0.3) is 0 Å². The third-order valence-electron chi connectivity index (χ3n) is 6.34. The lowest BCUT2D eigenvalue weighted by atomic mass is 9.97. The Morgan fingerprint density at radius 3 is 2.88 bits per heavy atom. The number of amides is 1. The number of hydrogen-bond donors (Lipinski definition) is 3. The number of piperidine rings is 1. The van der Waals surface area contributed by atoms with Crippen LogP contribution in [0.5, 0.6) is 5.75 Å². The molecule has 7 nitrogen and oxygen atoms in total. The molecule has 0 aromatic heterocycles. The van der Waals surface area contributed by atoms with E-state index >= 15 is 0 Å². The van der Waals surface area contributed by atoms with Crippen molar-refractivity contribution in [3.63, 3.8) is 0 Å². The summed E-state index contributed by atoms with van der Waals surface area (Å²) in [5, 5.41) is 6.96. The number of fused-ring (bicyclic) bond motifs is 1. The molecule has 2 aromatic rings. The molecule has 1 saturated heterocycles. The Morgan fingerprint density at radius 2 is 2.03 bits per heavy atom. The van der Waals surface area contributed by atoms with Gasteiger partial charge < -0.3 is 21.1 Å². The van der Waals surface area contributed by atoms with Gasteiger partial charge in [0.05, 0.1) is 25.1 Å². The Hall–Kier alpha value is -3.06. The molecule has 0 radical (unpaired) electrons. The molecule has 0 saturated carbocycles. The van der Waals surface area contributed by atoms with Crippen molar-refractivity contribution in [2.45, 2.75) is 45.3 Å². The van der Waals surface area contributed by atoms with E-state index in [1.165, 1.54) is 16.7 Å². The Bertz CT molecular complexity index is 977. The number of nitrogens with two attached hydrogens (primary N) is 1. The van der Waals surface area contributed by atoms with Crippen LogP contribution in [0.3, 0.4) is 0 Å². The standard InChI is InChI=1S/C26H35N5O2/c1-2-28-26(30-23-12-14-33-24-11-4-3-10-22(23)24)29-16-19-7-5-8-20(15-19)17-31-13-6-9-21(18-31)25(27)32/h3-5,7-8,10-11,15,21,23H,2,6,9,12-14,16-18H2,1H3,(H2,27,32)(H2,28,29,30). The second-order valence-electron chi connectivity index (χ2n) is 8.86. The molecule has 1 fully saturated rings. The van der Waals surface area contributed by atoms with Crippen LogP contribution in [0.2, 0.25) is 0 Å². The molecule has 2 aliphatic heterocycles. The van der Waals surface area contributed by atoms with Crippen molar-refractivity contribution in [1.29, 1.82) is 0 Å². The van der Waals surface area contributed by atoms with Crippen LogP contribution in [0.1, 0.15) is 48.9 Å². The number of para-hydroxylation sites is 1. The second kappa shape index (κ2) is 11.2. The Balaban J connectivity index is 1.40. The number of carbonyl (C=O) groups excluding carboxylic acids is 1. The van der Waals surface area contributed by atoms with E-state index in [1.807, 2.05) is 18.2 Å². The molecule has 0 bridgehead atoms. The lowest BCUT2D eigenvalue weighted by molar-refractivity contribution is -0.123. The zero-order valence-corrected chi connectivity index (χ0v) is 19.4. The fourth-order valence-electron chi connectivity index (χ4n) is 4.66. The van der Waals surface area contributed by atoms with E-state index in [4.69, 9.17) is 15.5 Å². The first-order valence-electron chi connectivity index (χ1n) is 12.0. The smallest absolute Gasteiger partial charge is 0.221 e. The lowest BCUT2D eigenvalue weighted by Gasteiger charge is -2.31. The number of hydrogen-bond acceptors (Lipinski definition) is 4. The van der Waals surface area contributed by atoms with E-state index in [-0.39, 0.29) is 17.9 Å². The van der Waals surface area contributed by atoms with Crippen LogP contribution in [0, 0.1) is 5.92 Å². The summed E-state index contributed by atoms with van der Waals surface area (Å²) in [6.45, 7) is 6.76. The number of carbonyl (C=O) groups is 1. The van der Waals surface area contributed by atoms with Gasteiger partial charge in [0, 0.05) is 31.6 Å². The number of guanidine groups is 1. The quantitative estimate of drug-likeness (QED) is 0.447. The highest BCUT2D eigenvalue weighted by atomic mass is 16.5. The van der Waals surface area contributed by atoms with Gasteiger partial charge in [0.1, 0.15) is 5.75 Å². The summed E-state index contributed by atoms with van der Waals surface area (Å²) < 4.78 is 5.79. The summed E-state index contributed by atoms with van der Waals surface area (Å²) >= 11 is 0. The number of benzene rings is 2. The van der Waals surface area contributed by atoms with Crippen LogP contribution < -0.4 is 21.1 Å². The minimum Gasteiger partial charge on any atom is -0.493 e. The van der Waals surface area contributed by atoms with Crippen molar-refractivity contribution in [2.75, 3.05) is 26.2 Å². The maximum atomic E-state index is 11.6. The molecule has 2 aliphatic rings. The largest absolute Gasteiger partial charge is 0.493 e. The predicted octanol–water partition coefficient (Wildman–Crippen LogP) is 2.96. The van der Waals surface area contributed by atoms with Crippen LogP contribution >= 0.6 is 0 Å². The molecule has 176 valence electrons. The van der Waals surface area contributed by atoms with Crippen LogP contribution in [-0.4, -0.2) is 43.0 Å². The van der Waals surface area contributed by atoms with Gasteiger partial charge in [-0.1, -0.05) is 42.5 Å². The first-order chi connectivity index (χ1) is 16.1. The summed E-state index contributed by atoms with van der Waals surface area (Å²) in [5.41, 5.74) is 9.11. The summed E-state index contributed by atoms with van der Waals surface area (Å²) in [5.74, 6) is 1.54. The van der Waals surface area contributed by atoms with Gasteiger partial charge in [-0.2, -0.15) is 0 Å². The Kier molecular flexibility index (Phi) is 7.83. The van der Waals surface area contributed by atoms with Crippen molar-refractivity contribution in [3.8, 4) is 5.75 Å². The Labute approximate surface area is 196 Å². The lowest BCUT2D eigenvalue weighted by Crippen LogP contribution is -2.41. The summed E-state index contributed by atoms with van der Waals surface area (Å²) in [4.78, 5) is 18.8. The average Bonchev–Trinajstić information content (AvgIpc) is 2.83. The Morgan fingerprint density at radius 1 is 1.18 bits per heavy atom. The number of ether oxygens (including phenoxy) is 1. The minimum atomic E-state index is -0.182.